The summed E-state index contributed by atoms with van der Waals surface area (Å²) >= 11 is 0. The number of nitrogens with zero attached hydrogens (tertiary/aromatic N) is 1. The van der Waals surface area contributed by atoms with Crippen LogP contribution in [-0.2, 0) is 4.79 Å². The molecule has 1 rings (SSSR count). The molecule has 0 atom stereocenters. The molecule has 0 unspecified atom stereocenters. The van der Waals surface area contributed by atoms with Crippen molar-refractivity contribution in [3.8, 4) is 0 Å². The van der Waals surface area contributed by atoms with E-state index in [1.54, 1.807) is 0 Å². The zero-order valence-electron chi connectivity index (χ0n) is 5.84. The van der Waals surface area contributed by atoms with Crippen molar-refractivity contribution in [2.75, 3.05) is 0 Å². The van der Waals surface area contributed by atoms with Gasteiger partial charge in [-0.3, -0.25) is 10.1 Å². The van der Waals surface area contributed by atoms with Crippen LogP contribution in [0.4, 0.5) is 4.79 Å². The molecule has 1 aliphatic heterocycles. The second-order valence-corrected chi connectivity index (χ2v) is 1.26. The van der Waals surface area contributed by atoms with E-state index in [0.29, 0.717) is 0 Å². The smallest absolute Gasteiger partial charge is 0.350 e. The fourth-order valence-electron chi connectivity index (χ4n) is 0.349. The summed E-state index contributed by atoms with van der Waals surface area (Å²) < 4.78 is 0. The fourth-order valence-corrected chi connectivity index (χ4v) is 0.349. The molecule has 5 nitrogen and oxygen atoms in total. The molecule has 0 saturated heterocycles. The Bertz CT molecular complexity index is 185. The first-order chi connectivity index (χ1) is 4.70. The van der Waals surface area contributed by atoms with Gasteiger partial charge in [0.1, 0.15) is 0 Å². The summed E-state index contributed by atoms with van der Waals surface area (Å²) in [6.07, 6.45) is 0. The van der Waals surface area contributed by atoms with Crippen LogP contribution in [0.15, 0.2) is 4.99 Å². The minimum atomic E-state index is -0.688. The summed E-state index contributed by atoms with van der Waals surface area (Å²) in [5.74, 6) is -0.884. The third kappa shape index (κ3) is 1.85. The molecule has 0 aromatic heterocycles. The lowest BCUT2D eigenvalue weighted by molar-refractivity contribution is -0.113. The van der Waals surface area contributed by atoms with Gasteiger partial charge in [0, 0.05) is 0 Å². The Kier molecular flexibility index (Phi) is 3.10. The van der Waals surface area contributed by atoms with Gasteiger partial charge in [0.25, 0.3) is 5.91 Å². The minimum Gasteiger partial charge on any atom is -0.379 e. The van der Waals surface area contributed by atoms with E-state index in [-0.39, 0.29) is 5.84 Å². The van der Waals surface area contributed by atoms with Gasteiger partial charge in [-0.2, -0.15) is 4.99 Å². The summed E-state index contributed by atoms with van der Waals surface area (Å²) in [7, 11) is 0. The first-order valence-corrected chi connectivity index (χ1v) is 2.89. The Hall–Kier alpha value is -1.39. The maximum atomic E-state index is 10.2. The molecule has 0 saturated carbocycles. The standard InChI is InChI=1S/C3H3N3O2.C2H6/c4-1-2(7)6-3(8)5-1;1-2/h(H3,4,5,6,7,8);1-2H3. The van der Waals surface area contributed by atoms with Crippen LogP contribution < -0.4 is 11.1 Å². The van der Waals surface area contributed by atoms with Crippen molar-refractivity contribution in [2.45, 2.75) is 13.8 Å². The number of nitrogens with two attached hydrogens (primary N) is 1. The number of amidine groups is 1. The van der Waals surface area contributed by atoms with Crippen molar-refractivity contribution in [1.82, 2.24) is 5.32 Å². The summed E-state index contributed by atoms with van der Waals surface area (Å²) in [5, 5.41) is 1.86. The maximum Gasteiger partial charge on any atom is 0.350 e. The quantitative estimate of drug-likeness (QED) is 0.484. The van der Waals surface area contributed by atoms with Gasteiger partial charge in [0.15, 0.2) is 5.84 Å². The van der Waals surface area contributed by atoms with Crippen LogP contribution in [0.1, 0.15) is 13.8 Å². The predicted molar refractivity (Wildman–Crippen MR) is 36.5 cm³/mol. The van der Waals surface area contributed by atoms with Gasteiger partial charge < -0.3 is 5.73 Å². The average molecular weight is 143 g/mol. The molecule has 1 heterocycles. The van der Waals surface area contributed by atoms with E-state index in [1.165, 1.54) is 0 Å². The molecule has 0 fully saturated rings. The molecular weight excluding hydrogens is 134 g/mol. The highest BCUT2D eigenvalue weighted by Crippen LogP contribution is 1.83. The largest absolute Gasteiger partial charge is 0.379 e. The lowest BCUT2D eigenvalue weighted by Crippen LogP contribution is -2.29. The predicted octanol–water partition coefficient (Wildman–Crippen LogP) is -0.380. The number of nitrogens with one attached hydrogen (secondary N) is 1. The van der Waals surface area contributed by atoms with E-state index in [2.05, 4.69) is 4.99 Å². The molecule has 0 bridgehead atoms. The van der Waals surface area contributed by atoms with Crippen molar-refractivity contribution in [2.24, 2.45) is 10.7 Å². The highest BCUT2D eigenvalue weighted by molar-refractivity contribution is 6.44. The Labute approximate surface area is 58.3 Å². The van der Waals surface area contributed by atoms with Crippen LogP contribution in [-0.4, -0.2) is 17.8 Å². The van der Waals surface area contributed by atoms with Gasteiger partial charge in [-0.05, 0) is 0 Å². The molecule has 10 heavy (non-hydrogen) atoms. The summed E-state index contributed by atoms with van der Waals surface area (Å²) in [5.41, 5.74) is 4.89. The second kappa shape index (κ2) is 3.60. The second-order valence-electron chi connectivity index (χ2n) is 1.26. The van der Waals surface area contributed by atoms with Crippen molar-refractivity contribution >= 4 is 17.8 Å². The maximum absolute atomic E-state index is 10.2. The number of hydrogen-bond donors (Lipinski definition) is 2. The summed E-state index contributed by atoms with van der Waals surface area (Å²) in [6, 6.07) is -0.688. The van der Waals surface area contributed by atoms with Crippen molar-refractivity contribution in [3.05, 3.63) is 0 Å². The van der Waals surface area contributed by atoms with Crippen LogP contribution in [0.3, 0.4) is 0 Å². The van der Waals surface area contributed by atoms with Gasteiger partial charge >= 0.3 is 6.03 Å². The Morgan fingerprint density at radius 3 is 2.00 bits per heavy atom. The number of carbonyl (C=O) groups excluding carboxylic acids is 2. The van der Waals surface area contributed by atoms with Gasteiger partial charge in [0.05, 0.1) is 0 Å². The summed E-state index contributed by atoms with van der Waals surface area (Å²) in [6.45, 7) is 4.00. The SMILES string of the molecule is CC.NC1=NC(=O)NC1=O. The molecule has 0 aromatic carbocycles. The van der Waals surface area contributed by atoms with Crippen LogP contribution in [0.2, 0.25) is 0 Å². The zero-order chi connectivity index (χ0) is 8.15. The average Bonchev–Trinajstić information content (AvgIpc) is 2.16. The van der Waals surface area contributed by atoms with E-state index >= 15 is 0 Å². The topological polar surface area (TPSA) is 84.5 Å². The Balaban J connectivity index is 0.000000371. The van der Waals surface area contributed by atoms with Crippen LogP contribution in [0, 0.1) is 0 Å². The van der Waals surface area contributed by atoms with E-state index in [4.69, 9.17) is 5.73 Å². The van der Waals surface area contributed by atoms with Gasteiger partial charge in [-0.25, -0.2) is 4.79 Å². The van der Waals surface area contributed by atoms with Gasteiger partial charge in [0.2, 0.25) is 0 Å². The van der Waals surface area contributed by atoms with Crippen LogP contribution in [0.5, 0.6) is 0 Å². The third-order valence-corrected chi connectivity index (χ3v) is 0.675. The first-order valence-electron chi connectivity index (χ1n) is 2.89. The third-order valence-electron chi connectivity index (χ3n) is 0.675. The highest BCUT2D eigenvalue weighted by Gasteiger charge is 2.18. The molecule has 3 amide bonds. The molecule has 3 N–H and O–H groups in total. The van der Waals surface area contributed by atoms with Gasteiger partial charge in [-0.1, -0.05) is 13.8 Å². The molecule has 0 radical (unpaired) electrons. The zero-order valence-corrected chi connectivity index (χ0v) is 5.84. The number of urea groups is 1. The summed E-state index contributed by atoms with van der Waals surface area (Å²) in [4.78, 5) is 23.3. The lowest BCUT2D eigenvalue weighted by Gasteiger charge is -1.81. The van der Waals surface area contributed by atoms with E-state index < -0.39 is 11.9 Å². The minimum absolute atomic E-state index is 0.269. The molecule has 56 valence electrons. The van der Waals surface area contributed by atoms with Crippen molar-refractivity contribution in [1.29, 1.82) is 0 Å². The monoisotopic (exact) mass is 143 g/mol. The Morgan fingerprint density at radius 1 is 1.40 bits per heavy atom. The molecule has 5 heteroatoms. The van der Waals surface area contributed by atoms with E-state index in [0.717, 1.165) is 0 Å². The number of imide groups is 1. The van der Waals surface area contributed by atoms with Gasteiger partial charge in [-0.15, -0.1) is 0 Å². The molecule has 0 aromatic rings. The number of amides is 3. The normalized spacial score (nSPS) is 15.2. The van der Waals surface area contributed by atoms with E-state index in [9.17, 15) is 9.59 Å². The number of carbonyl (C=O) groups is 2. The van der Waals surface area contributed by atoms with Crippen molar-refractivity contribution < 1.29 is 9.59 Å². The van der Waals surface area contributed by atoms with Crippen LogP contribution >= 0.6 is 0 Å². The number of hydrogen-bond acceptors (Lipinski definition) is 3. The lowest BCUT2D eigenvalue weighted by atomic mass is 10.6. The van der Waals surface area contributed by atoms with Crippen LogP contribution in [0.25, 0.3) is 0 Å². The van der Waals surface area contributed by atoms with E-state index in [1.807, 2.05) is 19.2 Å². The highest BCUT2D eigenvalue weighted by atomic mass is 16.2. The molecule has 0 spiro atoms. The van der Waals surface area contributed by atoms with Crippen molar-refractivity contribution in [3.63, 3.8) is 0 Å². The number of aliphatic imine (C=N–C) groups is 1. The fraction of sp³-hybridized carbons (Fsp3) is 0.400. The number of rotatable bonds is 0. The molecular formula is C5H9N3O2. The Morgan fingerprint density at radius 2 is 1.90 bits per heavy atom. The molecule has 0 aliphatic carbocycles. The first kappa shape index (κ1) is 8.61. The molecule has 1 aliphatic rings.